The van der Waals surface area contributed by atoms with Crippen LogP contribution in [-0.2, 0) is 4.74 Å². The van der Waals surface area contributed by atoms with Crippen LogP contribution < -0.4 is 11.1 Å². The molecule has 0 bridgehead atoms. The standard InChI is InChI=1S/C6H3Cl2F3N2O2S.C4H2Cl2N2OS.C4H3F3O2.C2H6O.2CH4/c7-1-2(16-13-3(1)8)4(14)12-5(15)6(9,10)11;5-1-2(4(7)9)10-8-3(1)6;1-2-9-3(8)4(5,6)7;1-2-3;;/h5,15H,(H,12,14);(H2,7,9);1,3,8H;3H,2H2,1H3;2*1H4. The van der Waals surface area contributed by atoms with Crippen LogP contribution in [0.1, 0.15) is 41.1 Å². The molecule has 2 rings (SSSR count). The first-order chi connectivity index (χ1) is 17.3. The monoisotopic (exact) mass is 708 g/mol. The lowest BCUT2D eigenvalue weighted by Gasteiger charge is -2.15. The molecule has 0 spiro atoms. The molecule has 2 aromatic rings. The molecule has 0 radical (unpaired) electrons. The lowest BCUT2D eigenvalue weighted by atomic mass is 10.4. The van der Waals surface area contributed by atoms with E-state index in [1.807, 2.05) is 0 Å². The van der Waals surface area contributed by atoms with E-state index < -0.39 is 36.7 Å². The van der Waals surface area contributed by atoms with Crippen molar-refractivity contribution in [3.8, 4) is 12.5 Å². The van der Waals surface area contributed by atoms with Crippen molar-refractivity contribution in [2.45, 2.75) is 46.6 Å². The molecule has 22 heteroatoms. The van der Waals surface area contributed by atoms with E-state index in [1.54, 1.807) is 6.92 Å². The van der Waals surface area contributed by atoms with Crippen molar-refractivity contribution in [3.63, 3.8) is 0 Å². The molecule has 40 heavy (non-hydrogen) atoms. The maximum atomic E-state index is 11.9. The largest absolute Gasteiger partial charge is 0.452 e. The molecule has 232 valence electrons. The zero-order chi connectivity index (χ0) is 30.4. The predicted octanol–water partition coefficient (Wildman–Crippen LogP) is 5.35. The summed E-state index contributed by atoms with van der Waals surface area (Å²) < 4.78 is 79.6. The lowest BCUT2D eigenvalue weighted by Crippen LogP contribution is -2.45. The van der Waals surface area contributed by atoms with Crippen molar-refractivity contribution in [1.29, 1.82) is 0 Å². The van der Waals surface area contributed by atoms with Gasteiger partial charge in [0.25, 0.3) is 11.8 Å². The number of hydrogen-bond acceptors (Lipinski definition) is 10. The predicted molar refractivity (Wildman–Crippen MR) is 141 cm³/mol. The summed E-state index contributed by atoms with van der Waals surface area (Å²) in [7, 11) is 0. The van der Waals surface area contributed by atoms with Crippen LogP contribution in [-0.4, -0.2) is 67.4 Å². The zero-order valence-electron chi connectivity index (χ0n) is 18.1. The minimum absolute atomic E-state index is 0. The third-order valence-electron chi connectivity index (χ3n) is 2.66. The highest BCUT2D eigenvalue weighted by Crippen LogP contribution is 2.29. The molecule has 0 aliphatic rings. The Morgan fingerprint density at radius 2 is 1.38 bits per heavy atom. The normalized spacial score (nSPS) is 11.5. The van der Waals surface area contributed by atoms with Crippen molar-refractivity contribution in [2.75, 3.05) is 6.61 Å². The number of carbonyl (C=O) groups is 2. The second kappa shape index (κ2) is 21.0. The third-order valence-corrected chi connectivity index (χ3v) is 6.27. The number of primary amides is 1. The first-order valence-corrected chi connectivity index (χ1v) is 11.8. The van der Waals surface area contributed by atoms with Gasteiger partial charge < -0.3 is 31.1 Å². The molecule has 6 N–H and O–H groups in total. The average molecular weight is 710 g/mol. The number of nitrogens with two attached hydrogens (primary N) is 1. The maximum absolute atomic E-state index is 11.9. The van der Waals surface area contributed by atoms with Crippen molar-refractivity contribution in [1.82, 2.24) is 14.1 Å². The van der Waals surface area contributed by atoms with Gasteiger partial charge in [-0.05, 0) is 30.0 Å². The van der Waals surface area contributed by atoms with Crippen LogP contribution in [0.5, 0.6) is 0 Å². The number of terminal acetylenes is 1. The average Bonchev–Trinajstić information content (AvgIpc) is 3.29. The highest BCUT2D eigenvalue weighted by Gasteiger charge is 2.41. The molecule has 0 saturated heterocycles. The molecule has 2 amide bonds. The number of aliphatic hydroxyl groups excluding tert-OH is 3. The molecule has 0 aliphatic heterocycles. The van der Waals surface area contributed by atoms with Crippen molar-refractivity contribution in [2.24, 2.45) is 5.73 Å². The zero-order valence-corrected chi connectivity index (χ0v) is 22.7. The lowest BCUT2D eigenvalue weighted by molar-refractivity contribution is -0.273. The third kappa shape index (κ3) is 17.1. The van der Waals surface area contributed by atoms with E-state index in [4.69, 9.17) is 67.5 Å². The molecular weight excluding hydrogens is 688 g/mol. The number of nitrogens with one attached hydrogen (secondary N) is 1. The van der Waals surface area contributed by atoms with E-state index in [-0.39, 0.29) is 51.6 Å². The second-order valence-electron chi connectivity index (χ2n) is 5.46. The number of halogens is 10. The summed E-state index contributed by atoms with van der Waals surface area (Å²) in [6, 6.07) is 0. The Hall–Kier alpha value is -1.82. The molecule has 2 heterocycles. The second-order valence-corrected chi connectivity index (χ2v) is 8.48. The summed E-state index contributed by atoms with van der Waals surface area (Å²) in [5, 5.41) is 25.2. The molecule has 10 nitrogen and oxygen atoms in total. The van der Waals surface area contributed by atoms with Gasteiger partial charge in [0, 0.05) is 6.61 Å². The Labute approximate surface area is 252 Å². The number of amides is 2. The Balaban J connectivity index is -0.000000236. The first kappa shape index (κ1) is 45.2. The number of hydrogen-bond donors (Lipinski definition) is 5. The number of aromatic nitrogens is 2. The van der Waals surface area contributed by atoms with E-state index in [9.17, 15) is 35.9 Å². The molecular formula is C18H22Cl4F6N4O6S2. The van der Waals surface area contributed by atoms with E-state index in [0.717, 1.165) is 11.5 Å². The van der Waals surface area contributed by atoms with Gasteiger partial charge in [0.2, 0.25) is 6.23 Å². The summed E-state index contributed by atoms with van der Waals surface area (Å²) in [5.41, 5.74) is 4.92. The van der Waals surface area contributed by atoms with E-state index >= 15 is 0 Å². The topological polar surface area (TPSA) is 168 Å². The van der Waals surface area contributed by atoms with Gasteiger partial charge in [-0.2, -0.15) is 35.1 Å². The van der Waals surface area contributed by atoms with Crippen LogP contribution in [0.25, 0.3) is 0 Å². The number of rotatable bonds is 4. The number of alkyl halides is 6. The van der Waals surface area contributed by atoms with Crippen LogP contribution >= 0.6 is 69.5 Å². The number of aliphatic hydroxyl groups is 3. The molecule has 2 aromatic heterocycles. The highest BCUT2D eigenvalue weighted by atomic mass is 35.5. The van der Waals surface area contributed by atoms with Gasteiger partial charge in [-0.25, -0.2) is 0 Å². The van der Waals surface area contributed by atoms with Crippen LogP contribution in [0.3, 0.4) is 0 Å². The Bertz CT molecular complexity index is 1080. The number of carbonyl (C=O) groups excluding carboxylic acids is 2. The summed E-state index contributed by atoms with van der Waals surface area (Å²) >= 11 is 23.3. The molecule has 0 aliphatic carbocycles. The van der Waals surface area contributed by atoms with Gasteiger partial charge in [0.1, 0.15) is 25.9 Å². The van der Waals surface area contributed by atoms with Crippen LogP contribution in [0.4, 0.5) is 26.3 Å². The fourth-order valence-electron chi connectivity index (χ4n) is 1.22. The summed E-state index contributed by atoms with van der Waals surface area (Å²) in [4.78, 5) is 21.6. The quantitative estimate of drug-likeness (QED) is 0.161. The van der Waals surface area contributed by atoms with E-state index in [2.05, 4.69) is 19.9 Å². The Kier molecular flexibility index (Phi) is 23.7. The number of nitrogens with zero attached hydrogens (tertiary/aromatic N) is 2. The Morgan fingerprint density at radius 3 is 1.57 bits per heavy atom. The molecule has 0 saturated carbocycles. The van der Waals surface area contributed by atoms with Gasteiger partial charge >= 0.3 is 18.6 Å². The van der Waals surface area contributed by atoms with Crippen molar-refractivity contribution < 1.29 is 56.0 Å². The van der Waals surface area contributed by atoms with Gasteiger partial charge in [-0.15, -0.1) is 0 Å². The van der Waals surface area contributed by atoms with Gasteiger partial charge in [-0.3, -0.25) is 9.59 Å². The van der Waals surface area contributed by atoms with Crippen LogP contribution in [0.2, 0.25) is 20.4 Å². The van der Waals surface area contributed by atoms with Crippen molar-refractivity contribution >= 4 is 81.3 Å². The Morgan fingerprint density at radius 1 is 1.00 bits per heavy atom. The fraction of sp³-hybridized carbons (Fsp3) is 0.444. The van der Waals surface area contributed by atoms with Crippen molar-refractivity contribution in [3.05, 3.63) is 30.1 Å². The van der Waals surface area contributed by atoms with Gasteiger partial charge in [0.15, 0.2) is 10.3 Å². The molecule has 2 unspecified atom stereocenters. The molecule has 2 atom stereocenters. The van der Waals surface area contributed by atoms with E-state index in [1.165, 1.54) is 11.4 Å². The smallest absolute Gasteiger partial charge is 0.405 e. The molecule has 0 aromatic carbocycles. The highest BCUT2D eigenvalue weighted by molar-refractivity contribution is 7.09. The summed E-state index contributed by atoms with van der Waals surface area (Å²) in [5.74, 6) is -1.80. The summed E-state index contributed by atoms with van der Waals surface area (Å²) in [6.07, 6.45) is -10.1. The minimum Gasteiger partial charge on any atom is -0.405 e. The summed E-state index contributed by atoms with van der Waals surface area (Å²) in [6.45, 7) is 1.93. The first-order valence-electron chi connectivity index (χ1n) is 8.69. The SMILES string of the molecule is C.C.C#COC(O)C(F)(F)F.CCO.NC(=O)c1snc(Cl)c1Cl.O=C(NC(O)C(F)(F)F)c1snc(Cl)c1Cl. The number of ether oxygens (including phenoxy) is 1. The minimum atomic E-state index is -4.95. The molecule has 0 fully saturated rings. The van der Waals surface area contributed by atoms with E-state index in [0.29, 0.717) is 11.5 Å². The van der Waals surface area contributed by atoms with Crippen LogP contribution in [0.15, 0.2) is 0 Å². The maximum Gasteiger partial charge on any atom is 0.452 e. The fourth-order valence-corrected chi connectivity index (χ4v) is 3.41. The van der Waals surface area contributed by atoms with Gasteiger partial charge in [0.05, 0.1) is 0 Å². The van der Waals surface area contributed by atoms with Gasteiger partial charge in [-0.1, -0.05) is 67.7 Å². The van der Waals surface area contributed by atoms with Crippen LogP contribution in [0, 0.1) is 12.5 Å².